The number of imidazole rings is 1. The molecule has 0 unspecified atom stereocenters. The van der Waals surface area contributed by atoms with Crippen molar-refractivity contribution in [2.24, 2.45) is 0 Å². The molecule has 3 aromatic rings. The lowest BCUT2D eigenvalue weighted by molar-refractivity contribution is 0.334. The number of rotatable bonds is 6. The monoisotopic (exact) mass is 344 g/mol. The molecule has 2 N–H and O–H groups in total. The molecule has 1 saturated heterocycles. The Kier molecular flexibility index (Phi) is 4.31. The van der Waals surface area contributed by atoms with Gasteiger partial charge in [0.2, 0.25) is 0 Å². The second-order valence-corrected chi connectivity index (χ2v) is 7.24. The van der Waals surface area contributed by atoms with Crippen molar-refractivity contribution in [3.05, 3.63) is 45.7 Å². The van der Waals surface area contributed by atoms with Crippen LogP contribution in [0, 0.1) is 0 Å². The van der Waals surface area contributed by atoms with E-state index in [1.165, 1.54) is 35.7 Å². The van der Waals surface area contributed by atoms with Crippen LogP contribution in [0.3, 0.4) is 0 Å². The molecule has 4 rings (SSSR count). The number of likely N-dealkylation sites (tertiary alicyclic amines) is 1. The lowest BCUT2D eigenvalue weighted by Crippen LogP contribution is -2.17. The number of aryl methyl sites for hydroxylation is 2. The molecule has 0 aromatic carbocycles. The van der Waals surface area contributed by atoms with E-state index in [1.807, 2.05) is 23.7 Å². The Morgan fingerprint density at radius 1 is 1.25 bits per heavy atom. The molecule has 0 bridgehead atoms. The van der Waals surface area contributed by atoms with Crippen LogP contribution in [0.4, 0.5) is 0 Å². The first-order valence-corrected chi connectivity index (χ1v) is 9.06. The van der Waals surface area contributed by atoms with Gasteiger partial charge in [0, 0.05) is 36.8 Å². The molecular weight excluding hydrogens is 324 g/mol. The quantitative estimate of drug-likeness (QED) is 0.715. The molecule has 24 heavy (non-hydrogen) atoms. The fraction of sp³-hybridized carbons (Fsp3) is 0.438. The van der Waals surface area contributed by atoms with Crippen molar-refractivity contribution in [2.45, 2.75) is 32.4 Å². The van der Waals surface area contributed by atoms with E-state index in [9.17, 15) is 4.79 Å². The van der Waals surface area contributed by atoms with Gasteiger partial charge in [-0.15, -0.1) is 11.3 Å². The summed E-state index contributed by atoms with van der Waals surface area (Å²) in [7, 11) is 0. The summed E-state index contributed by atoms with van der Waals surface area (Å²) in [5, 5.41) is 6.34. The molecule has 0 spiro atoms. The summed E-state index contributed by atoms with van der Waals surface area (Å²) in [5.74, 6) is 1.64. The normalized spacial score (nSPS) is 15.3. The van der Waals surface area contributed by atoms with E-state index in [0.29, 0.717) is 12.2 Å². The minimum atomic E-state index is -0.263. The smallest absolute Gasteiger partial charge is 0.330 e. The molecule has 0 saturated carbocycles. The van der Waals surface area contributed by atoms with Crippen molar-refractivity contribution in [1.82, 2.24) is 29.6 Å². The van der Waals surface area contributed by atoms with Crippen molar-refractivity contribution < 1.29 is 0 Å². The molecule has 0 aliphatic carbocycles. The summed E-state index contributed by atoms with van der Waals surface area (Å²) in [5.41, 5.74) is -0.263. The maximum atomic E-state index is 11.1. The number of aromatic amines is 2. The zero-order chi connectivity index (χ0) is 16.4. The number of thiophene rings is 1. The lowest BCUT2D eigenvalue weighted by atomic mass is 10.3. The number of H-pyrrole nitrogens is 2. The Labute approximate surface area is 143 Å². The lowest BCUT2D eigenvalue weighted by Gasteiger charge is -2.12. The van der Waals surface area contributed by atoms with Gasteiger partial charge in [0.25, 0.3) is 0 Å². The highest BCUT2D eigenvalue weighted by Gasteiger charge is 2.14. The van der Waals surface area contributed by atoms with Crippen LogP contribution in [0.25, 0.3) is 10.7 Å². The predicted octanol–water partition coefficient (Wildman–Crippen LogP) is 1.86. The second kappa shape index (κ2) is 6.74. The molecule has 0 atom stereocenters. The molecule has 1 aliphatic rings. The van der Waals surface area contributed by atoms with Crippen LogP contribution in [-0.4, -0.2) is 42.7 Å². The van der Waals surface area contributed by atoms with Crippen molar-refractivity contribution >= 4 is 11.3 Å². The maximum absolute atomic E-state index is 11.1. The highest BCUT2D eigenvalue weighted by atomic mass is 32.1. The standard InChI is InChI=1S/C16H20N6OS/c23-16-18-14(19-20-16)5-9-22-10-6-17-15(22)13-4-3-12(24-13)11-21-7-1-2-8-21/h3-4,6,10H,1-2,5,7-9,11H2,(H2,18,19,20,23). The average molecular weight is 344 g/mol. The summed E-state index contributed by atoms with van der Waals surface area (Å²) in [4.78, 5) is 23.4. The zero-order valence-corrected chi connectivity index (χ0v) is 14.2. The number of nitrogens with one attached hydrogen (secondary N) is 2. The number of hydrogen-bond acceptors (Lipinski definition) is 5. The molecule has 1 aliphatic heterocycles. The van der Waals surface area contributed by atoms with Gasteiger partial charge in [0.1, 0.15) is 11.6 Å². The molecule has 4 heterocycles. The van der Waals surface area contributed by atoms with Crippen molar-refractivity contribution in [2.75, 3.05) is 13.1 Å². The average Bonchev–Trinajstić information content (AvgIpc) is 3.33. The van der Waals surface area contributed by atoms with E-state index in [4.69, 9.17) is 0 Å². The molecule has 126 valence electrons. The third kappa shape index (κ3) is 3.34. The third-order valence-electron chi connectivity index (χ3n) is 4.32. The van der Waals surface area contributed by atoms with Crippen LogP contribution < -0.4 is 5.69 Å². The molecule has 0 amide bonds. The molecular formula is C16H20N6OS. The Morgan fingerprint density at radius 3 is 2.92 bits per heavy atom. The fourth-order valence-electron chi connectivity index (χ4n) is 3.11. The van der Waals surface area contributed by atoms with Gasteiger partial charge in [-0.2, -0.15) is 5.10 Å². The van der Waals surface area contributed by atoms with Gasteiger partial charge in [-0.25, -0.2) is 14.9 Å². The van der Waals surface area contributed by atoms with Gasteiger partial charge in [0.15, 0.2) is 0 Å². The van der Waals surface area contributed by atoms with E-state index in [0.717, 1.165) is 18.9 Å². The van der Waals surface area contributed by atoms with E-state index >= 15 is 0 Å². The highest BCUT2D eigenvalue weighted by Crippen LogP contribution is 2.28. The largest absolute Gasteiger partial charge is 0.340 e. The highest BCUT2D eigenvalue weighted by molar-refractivity contribution is 7.15. The summed E-state index contributed by atoms with van der Waals surface area (Å²) in [6, 6.07) is 4.37. The molecule has 0 radical (unpaired) electrons. The van der Waals surface area contributed by atoms with Crippen LogP contribution in [-0.2, 0) is 19.5 Å². The van der Waals surface area contributed by atoms with Gasteiger partial charge in [-0.1, -0.05) is 0 Å². The topological polar surface area (TPSA) is 82.6 Å². The zero-order valence-electron chi connectivity index (χ0n) is 13.4. The second-order valence-electron chi connectivity index (χ2n) is 6.07. The Balaban J connectivity index is 1.45. The fourth-order valence-corrected chi connectivity index (χ4v) is 4.17. The summed E-state index contributed by atoms with van der Waals surface area (Å²) in [6.45, 7) is 4.20. The first kappa shape index (κ1) is 15.3. The van der Waals surface area contributed by atoms with E-state index < -0.39 is 0 Å². The summed E-state index contributed by atoms with van der Waals surface area (Å²) in [6.07, 6.45) is 7.09. The third-order valence-corrected chi connectivity index (χ3v) is 5.38. The SMILES string of the molecule is O=c1[nH]nc(CCn2ccnc2-c2ccc(CN3CCCC3)s2)[nH]1. The van der Waals surface area contributed by atoms with Gasteiger partial charge in [-0.05, 0) is 38.1 Å². The maximum Gasteiger partial charge on any atom is 0.340 e. The van der Waals surface area contributed by atoms with Gasteiger partial charge >= 0.3 is 5.69 Å². The number of nitrogens with zero attached hydrogens (tertiary/aromatic N) is 4. The van der Waals surface area contributed by atoms with Gasteiger partial charge in [0.05, 0.1) is 4.88 Å². The number of hydrogen-bond donors (Lipinski definition) is 2. The van der Waals surface area contributed by atoms with Crippen LogP contribution in [0.5, 0.6) is 0 Å². The summed E-state index contributed by atoms with van der Waals surface area (Å²) < 4.78 is 2.11. The van der Waals surface area contributed by atoms with E-state index in [-0.39, 0.29) is 5.69 Å². The Morgan fingerprint density at radius 2 is 2.12 bits per heavy atom. The van der Waals surface area contributed by atoms with Crippen LogP contribution in [0.1, 0.15) is 23.5 Å². The summed E-state index contributed by atoms with van der Waals surface area (Å²) >= 11 is 1.81. The molecule has 8 heteroatoms. The first-order chi connectivity index (χ1) is 11.8. The predicted molar refractivity (Wildman–Crippen MR) is 93.0 cm³/mol. The van der Waals surface area contributed by atoms with Crippen molar-refractivity contribution in [1.29, 1.82) is 0 Å². The Hall–Kier alpha value is -2.19. The van der Waals surface area contributed by atoms with Gasteiger partial charge in [-0.3, -0.25) is 9.88 Å². The van der Waals surface area contributed by atoms with Crippen LogP contribution >= 0.6 is 11.3 Å². The van der Waals surface area contributed by atoms with Gasteiger partial charge < -0.3 is 4.57 Å². The van der Waals surface area contributed by atoms with Crippen LogP contribution in [0.2, 0.25) is 0 Å². The van der Waals surface area contributed by atoms with Crippen molar-refractivity contribution in [3.8, 4) is 10.7 Å². The van der Waals surface area contributed by atoms with E-state index in [2.05, 4.69) is 41.8 Å². The van der Waals surface area contributed by atoms with Crippen LogP contribution in [0.15, 0.2) is 29.3 Å². The first-order valence-electron chi connectivity index (χ1n) is 8.24. The molecule has 1 fully saturated rings. The minimum Gasteiger partial charge on any atom is -0.330 e. The minimum absolute atomic E-state index is 0.263. The molecule has 3 aromatic heterocycles. The Bertz CT molecular complexity index is 854. The van der Waals surface area contributed by atoms with Crippen molar-refractivity contribution in [3.63, 3.8) is 0 Å². The number of aromatic nitrogens is 5. The van der Waals surface area contributed by atoms with E-state index in [1.54, 1.807) is 0 Å². The molecule has 7 nitrogen and oxygen atoms in total.